The molecule has 0 aliphatic heterocycles. The highest BCUT2D eigenvalue weighted by Crippen LogP contribution is 2.30. The van der Waals surface area contributed by atoms with E-state index in [-0.39, 0.29) is 0 Å². The third-order valence-corrected chi connectivity index (χ3v) is 3.36. The van der Waals surface area contributed by atoms with Gasteiger partial charge < -0.3 is 9.73 Å². The van der Waals surface area contributed by atoms with E-state index in [0.29, 0.717) is 12.0 Å². The van der Waals surface area contributed by atoms with Crippen molar-refractivity contribution in [3.05, 3.63) is 35.1 Å². The minimum absolute atomic E-state index is 0.294. The first-order valence-electron chi connectivity index (χ1n) is 6.77. The molecule has 2 aromatic rings. The maximum absolute atomic E-state index is 6.07. The highest BCUT2D eigenvalue weighted by Gasteiger charge is 2.19. The summed E-state index contributed by atoms with van der Waals surface area (Å²) in [5, 5.41) is 4.71. The fourth-order valence-electron chi connectivity index (χ4n) is 2.57. The quantitative estimate of drug-likeness (QED) is 0.866. The molecule has 2 nitrogen and oxygen atoms in total. The number of furan rings is 1. The molecule has 2 heteroatoms. The van der Waals surface area contributed by atoms with E-state index in [0.717, 1.165) is 17.9 Å². The summed E-state index contributed by atoms with van der Waals surface area (Å²) in [5.74, 6) is 1.57. The van der Waals surface area contributed by atoms with E-state index in [4.69, 9.17) is 4.42 Å². The highest BCUT2D eigenvalue weighted by atomic mass is 16.3. The molecule has 0 saturated heterocycles. The Kier molecular flexibility index (Phi) is 3.76. The van der Waals surface area contributed by atoms with Gasteiger partial charge in [-0.05, 0) is 44.0 Å². The molecule has 1 unspecified atom stereocenters. The summed E-state index contributed by atoms with van der Waals surface area (Å²) in [6, 6.07) is 6.84. The maximum atomic E-state index is 6.07. The monoisotopic (exact) mass is 245 g/mol. The minimum Gasteiger partial charge on any atom is -0.459 e. The largest absolute Gasteiger partial charge is 0.459 e. The van der Waals surface area contributed by atoms with Gasteiger partial charge in [0.05, 0.1) is 6.04 Å². The summed E-state index contributed by atoms with van der Waals surface area (Å²) in [4.78, 5) is 0. The van der Waals surface area contributed by atoms with Crippen LogP contribution in [0.5, 0.6) is 0 Å². The van der Waals surface area contributed by atoms with Gasteiger partial charge in [-0.1, -0.05) is 32.4 Å². The fourth-order valence-corrected chi connectivity index (χ4v) is 2.57. The molecular weight excluding hydrogens is 222 g/mol. The van der Waals surface area contributed by atoms with Crippen LogP contribution in [0.2, 0.25) is 0 Å². The molecule has 1 heterocycles. The van der Waals surface area contributed by atoms with Gasteiger partial charge in [-0.25, -0.2) is 0 Å². The van der Waals surface area contributed by atoms with Crippen molar-refractivity contribution in [1.29, 1.82) is 0 Å². The Labute approximate surface area is 109 Å². The van der Waals surface area contributed by atoms with E-state index < -0.39 is 0 Å². The predicted octanol–water partition coefficient (Wildman–Crippen LogP) is 4.36. The van der Waals surface area contributed by atoms with Crippen molar-refractivity contribution in [2.45, 2.75) is 40.7 Å². The average molecular weight is 245 g/mol. The molecule has 0 fully saturated rings. The number of benzene rings is 1. The number of hydrogen-bond acceptors (Lipinski definition) is 2. The highest BCUT2D eigenvalue weighted by molar-refractivity contribution is 5.82. The Balaban J connectivity index is 2.48. The van der Waals surface area contributed by atoms with Crippen molar-refractivity contribution >= 4 is 11.0 Å². The lowest BCUT2D eigenvalue weighted by Gasteiger charge is -2.19. The molecule has 0 amide bonds. The predicted molar refractivity (Wildman–Crippen MR) is 76.9 cm³/mol. The van der Waals surface area contributed by atoms with Crippen molar-refractivity contribution in [3.8, 4) is 0 Å². The standard InChI is InChI=1S/C16H23NO/c1-6-17-15(10(2)3)14-9-13-8-11(4)7-12(5)16(13)18-14/h7-10,15,17H,6H2,1-5H3. The van der Waals surface area contributed by atoms with E-state index in [2.05, 4.69) is 58.1 Å². The van der Waals surface area contributed by atoms with Crippen LogP contribution in [0.1, 0.15) is 43.7 Å². The van der Waals surface area contributed by atoms with E-state index in [9.17, 15) is 0 Å². The van der Waals surface area contributed by atoms with Crippen LogP contribution in [0.3, 0.4) is 0 Å². The summed E-state index contributed by atoms with van der Waals surface area (Å²) in [6.07, 6.45) is 0. The Morgan fingerprint density at radius 3 is 2.50 bits per heavy atom. The van der Waals surface area contributed by atoms with Crippen LogP contribution >= 0.6 is 0 Å². The second kappa shape index (κ2) is 5.15. The smallest absolute Gasteiger partial charge is 0.137 e. The molecule has 0 aliphatic carbocycles. The molecule has 1 atom stereocenters. The Morgan fingerprint density at radius 2 is 1.89 bits per heavy atom. The van der Waals surface area contributed by atoms with Crippen LogP contribution in [-0.2, 0) is 0 Å². The summed E-state index contributed by atoms with van der Waals surface area (Å²) in [6.45, 7) is 11.8. The van der Waals surface area contributed by atoms with Gasteiger partial charge in [0.15, 0.2) is 0 Å². The number of aryl methyl sites for hydroxylation is 2. The molecule has 18 heavy (non-hydrogen) atoms. The SMILES string of the molecule is CCNC(c1cc2cc(C)cc(C)c2o1)C(C)C. The zero-order chi connectivity index (χ0) is 13.3. The zero-order valence-electron chi connectivity index (χ0n) is 12.0. The van der Waals surface area contributed by atoms with Gasteiger partial charge in [0.25, 0.3) is 0 Å². The zero-order valence-corrected chi connectivity index (χ0v) is 12.0. The first kappa shape index (κ1) is 13.2. The molecule has 2 rings (SSSR count). The van der Waals surface area contributed by atoms with Gasteiger partial charge in [-0.2, -0.15) is 0 Å². The summed E-state index contributed by atoms with van der Waals surface area (Å²) in [7, 11) is 0. The molecule has 1 aromatic carbocycles. The molecular formula is C16H23NO. The molecule has 98 valence electrons. The van der Waals surface area contributed by atoms with E-state index >= 15 is 0 Å². The van der Waals surface area contributed by atoms with Gasteiger partial charge >= 0.3 is 0 Å². The van der Waals surface area contributed by atoms with Crippen LogP contribution in [0, 0.1) is 19.8 Å². The first-order chi connectivity index (χ1) is 8.52. The Bertz CT molecular complexity index is 539. The van der Waals surface area contributed by atoms with Crippen LogP contribution in [0.4, 0.5) is 0 Å². The Morgan fingerprint density at radius 1 is 1.17 bits per heavy atom. The van der Waals surface area contributed by atoms with Gasteiger partial charge in [-0.3, -0.25) is 0 Å². The Hall–Kier alpha value is -1.28. The number of rotatable bonds is 4. The summed E-state index contributed by atoms with van der Waals surface area (Å²) in [5.41, 5.74) is 3.53. The van der Waals surface area contributed by atoms with Crippen molar-refractivity contribution in [3.63, 3.8) is 0 Å². The van der Waals surface area contributed by atoms with Gasteiger partial charge in [-0.15, -0.1) is 0 Å². The molecule has 0 radical (unpaired) electrons. The molecule has 0 saturated carbocycles. The van der Waals surface area contributed by atoms with E-state index in [1.54, 1.807) is 0 Å². The summed E-state index contributed by atoms with van der Waals surface area (Å²) >= 11 is 0. The molecule has 0 bridgehead atoms. The molecule has 1 aromatic heterocycles. The third-order valence-electron chi connectivity index (χ3n) is 3.36. The number of nitrogens with one attached hydrogen (secondary N) is 1. The van der Waals surface area contributed by atoms with Gasteiger partial charge in [0.1, 0.15) is 11.3 Å². The average Bonchev–Trinajstić information content (AvgIpc) is 2.68. The minimum atomic E-state index is 0.294. The van der Waals surface area contributed by atoms with Crippen molar-refractivity contribution in [2.24, 2.45) is 5.92 Å². The second-order valence-corrected chi connectivity index (χ2v) is 5.43. The fraction of sp³-hybridized carbons (Fsp3) is 0.500. The van der Waals surface area contributed by atoms with Crippen molar-refractivity contribution < 1.29 is 4.42 Å². The molecule has 0 spiro atoms. The van der Waals surface area contributed by atoms with Gasteiger partial charge in [0, 0.05) is 5.39 Å². The maximum Gasteiger partial charge on any atom is 0.137 e. The number of fused-ring (bicyclic) bond motifs is 1. The van der Waals surface area contributed by atoms with E-state index in [1.807, 2.05) is 0 Å². The molecule has 0 aliphatic rings. The van der Waals surface area contributed by atoms with Gasteiger partial charge in [0.2, 0.25) is 0 Å². The number of hydrogen-bond donors (Lipinski definition) is 1. The van der Waals surface area contributed by atoms with Crippen molar-refractivity contribution in [1.82, 2.24) is 5.32 Å². The van der Waals surface area contributed by atoms with Crippen LogP contribution in [0.15, 0.2) is 22.6 Å². The lowest BCUT2D eigenvalue weighted by Crippen LogP contribution is -2.24. The first-order valence-corrected chi connectivity index (χ1v) is 6.77. The topological polar surface area (TPSA) is 25.2 Å². The lowest BCUT2D eigenvalue weighted by molar-refractivity contribution is 0.356. The van der Waals surface area contributed by atoms with E-state index in [1.165, 1.54) is 16.5 Å². The van der Waals surface area contributed by atoms with Crippen molar-refractivity contribution in [2.75, 3.05) is 6.54 Å². The van der Waals surface area contributed by atoms with Crippen LogP contribution in [-0.4, -0.2) is 6.54 Å². The van der Waals surface area contributed by atoms with Crippen LogP contribution < -0.4 is 5.32 Å². The lowest BCUT2D eigenvalue weighted by atomic mass is 10.0. The van der Waals surface area contributed by atoms with Crippen LogP contribution in [0.25, 0.3) is 11.0 Å². The summed E-state index contributed by atoms with van der Waals surface area (Å²) < 4.78 is 6.07. The normalized spacial score (nSPS) is 13.4. The second-order valence-electron chi connectivity index (χ2n) is 5.43. The molecule has 1 N–H and O–H groups in total. The third kappa shape index (κ3) is 2.44.